The maximum atomic E-state index is 15.1. The Balaban J connectivity index is 1.45. The van der Waals surface area contributed by atoms with E-state index in [4.69, 9.17) is 0 Å². The van der Waals surface area contributed by atoms with Crippen LogP contribution in [0.15, 0.2) is 55.0 Å². The minimum Gasteiger partial charge on any atom is -0.374 e. The first-order chi connectivity index (χ1) is 17.5. The lowest BCUT2D eigenvalue weighted by Crippen LogP contribution is -2.17. The third-order valence-electron chi connectivity index (χ3n) is 5.87. The van der Waals surface area contributed by atoms with Gasteiger partial charge in [0.1, 0.15) is 17.7 Å². The van der Waals surface area contributed by atoms with Crippen molar-refractivity contribution in [3.05, 3.63) is 65.9 Å². The van der Waals surface area contributed by atoms with Crippen LogP contribution in [0.5, 0.6) is 0 Å². The average Bonchev–Trinajstić information content (AvgIpc) is 3.60. The molecular formula is C25H19F2N7OS. The first kappa shape index (κ1) is 22.3. The van der Waals surface area contributed by atoms with Crippen LogP contribution in [0.2, 0.25) is 0 Å². The van der Waals surface area contributed by atoms with Crippen LogP contribution in [0.4, 0.5) is 14.5 Å². The molecule has 11 heteroatoms. The Hall–Kier alpha value is -4.22. The van der Waals surface area contributed by atoms with E-state index in [1.807, 2.05) is 6.92 Å². The molecule has 0 fully saturated rings. The fourth-order valence-electron chi connectivity index (χ4n) is 4.09. The van der Waals surface area contributed by atoms with E-state index in [1.54, 1.807) is 42.9 Å². The highest BCUT2D eigenvalue weighted by Gasteiger charge is 2.19. The summed E-state index contributed by atoms with van der Waals surface area (Å²) in [6, 6.07) is 9.73. The molecule has 5 heterocycles. The van der Waals surface area contributed by atoms with Crippen LogP contribution in [0.3, 0.4) is 0 Å². The third kappa shape index (κ3) is 3.88. The predicted molar refractivity (Wildman–Crippen MR) is 135 cm³/mol. The van der Waals surface area contributed by atoms with Crippen LogP contribution >= 0.6 is 11.3 Å². The van der Waals surface area contributed by atoms with Crippen LogP contribution in [-0.2, 0) is 0 Å². The molecular weight excluding hydrogens is 484 g/mol. The van der Waals surface area contributed by atoms with Crippen LogP contribution in [-0.4, -0.2) is 41.5 Å². The van der Waals surface area contributed by atoms with Crippen molar-refractivity contribution in [1.29, 1.82) is 0 Å². The van der Waals surface area contributed by atoms with Gasteiger partial charge in [0.15, 0.2) is 16.6 Å². The number of imidazole rings is 1. The Morgan fingerprint density at radius 3 is 2.81 bits per heavy atom. The maximum Gasteiger partial charge on any atom is 0.178 e. The normalized spacial score (nSPS) is 12.4. The number of aliphatic hydroxyl groups excluding tert-OH is 1. The van der Waals surface area contributed by atoms with Crippen LogP contribution in [0, 0.1) is 10.9 Å². The molecule has 0 aliphatic carbocycles. The number of hydrogen-bond acceptors (Lipinski definition) is 7. The zero-order valence-corrected chi connectivity index (χ0v) is 19.7. The quantitative estimate of drug-likeness (QED) is 0.216. The van der Waals surface area contributed by atoms with Crippen molar-refractivity contribution in [3.63, 3.8) is 0 Å². The van der Waals surface area contributed by atoms with Gasteiger partial charge in [0.2, 0.25) is 0 Å². The summed E-state index contributed by atoms with van der Waals surface area (Å²) in [6.45, 7) is 1.85. The fraction of sp³-hybridized carbons (Fsp3) is 0.120. The molecule has 180 valence electrons. The van der Waals surface area contributed by atoms with Gasteiger partial charge in [-0.1, -0.05) is 6.92 Å². The Bertz CT molecular complexity index is 1720. The largest absolute Gasteiger partial charge is 0.374 e. The molecule has 0 radical (unpaired) electrons. The number of aromatic nitrogens is 6. The highest BCUT2D eigenvalue weighted by atomic mass is 32.1. The summed E-state index contributed by atoms with van der Waals surface area (Å²) >= 11 is 1.04. The number of aliphatic hydroxyl groups is 1. The fourth-order valence-corrected chi connectivity index (χ4v) is 4.85. The van der Waals surface area contributed by atoms with Gasteiger partial charge in [-0.05, 0) is 36.8 Å². The van der Waals surface area contributed by atoms with Crippen molar-refractivity contribution in [2.75, 3.05) is 5.32 Å². The second-order valence-corrected chi connectivity index (χ2v) is 9.26. The molecule has 8 nitrogen and oxygen atoms in total. The van der Waals surface area contributed by atoms with Crippen LogP contribution in [0.25, 0.3) is 55.2 Å². The standard InChI is InChI=1S/C25H19F2N7OS/c1-2-21(35)30-13-7-12(10-28-11-13)15-8-16-18(9-17(15)26)33-34-23(16)25-31-22-14(5-6-29-24(22)32-25)19-3-4-20(27)36-19/h3-11,21,30,35H,2H2,1H3,(H,33,34)(H,29,31,32). The van der Waals surface area contributed by atoms with Crippen LogP contribution < -0.4 is 5.32 Å². The number of nitrogens with zero attached hydrogens (tertiary/aromatic N) is 4. The molecule has 5 aromatic heterocycles. The molecule has 0 aliphatic rings. The molecule has 6 rings (SSSR count). The number of anilines is 1. The zero-order chi connectivity index (χ0) is 24.8. The van der Waals surface area contributed by atoms with E-state index in [0.717, 1.165) is 21.8 Å². The molecule has 0 saturated carbocycles. The number of rotatable bonds is 6. The summed E-state index contributed by atoms with van der Waals surface area (Å²) in [4.78, 5) is 17.1. The average molecular weight is 504 g/mol. The minimum absolute atomic E-state index is 0.277. The molecule has 36 heavy (non-hydrogen) atoms. The van der Waals surface area contributed by atoms with Crippen molar-refractivity contribution in [3.8, 4) is 33.1 Å². The molecule has 1 unspecified atom stereocenters. The van der Waals surface area contributed by atoms with E-state index >= 15 is 4.39 Å². The first-order valence-corrected chi connectivity index (χ1v) is 12.0. The summed E-state index contributed by atoms with van der Waals surface area (Å²) in [5.41, 5.74) is 4.36. The van der Waals surface area contributed by atoms with Crippen molar-refractivity contribution in [2.24, 2.45) is 0 Å². The molecule has 0 amide bonds. The first-order valence-electron chi connectivity index (χ1n) is 11.2. The zero-order valence-electron chi connectivity index (χ0n) is 18.9. The maximum absolute atomic E-state index is 15.1. The van der Waals surface area contributed by atoms with Gasteiger partial charge >= 0.3 is 0 Å². The smallest absolute Gasteiger partial charge is 0.178 e. The van der Waals surface area contributed by atoms with Gasteiger partial charge in [0.25, 0.3) is 0 Å². The number of fused-ring (bicyclic) bond motifs is 2. The monoisotopic (exact) mass is 503 g/mol. The van der Waals surface area contributed by atoms with E-state index in [-0.39, 0.29) is 5.13 Å². The number of halogens is 2. The topological polar surface area (TPSA) is 115 Å². The lowest BCUT2D eigenvalue weighted by molar-refractivity contribution is 0.199. The van der Waals surface area contributed by atoms with Gasteiger partial charge in [-0.15, -0.1) is 11.3 Å². The molecule has 0 spiro atoms. The van der Waals surface area contributed by atoms with Crippen molar-refractivity contribution in [2.45, 2.75) is 19.6 Å². The number of H-pyrrole nitrogens is 2. The second kappa shape index (κ2) is 8.77. The van der Waals surface area contributed by atoms with E-state index in [2.05, 4.69) is 35.5 Å². The highest BCUT2D eigenvalue weighted by Crippen LogP contribution is 2.35. The third-order valence-corrected chi connectivity index (χ3v) is 6.78. The van der Waals surface area contributed by atoms with E-state index < -0.39 is 12.0 Å². The van der Waals surface area contributed by atoms with Gasteiger partial charge in [-0.3, -0.25) is 10.1 Å². The second-order valence-electron chi connectivity index (χ2n) is 8.23. The number of hydrogen-bond donors (Lipinski definition) is 4. The molecule has 0 saturated heterocycles. The minimum atomic E-state index is -0.730. The van der Waals surface area contributed by atoms with Gasteiger partial charge in [-0.2, -0.15) is 9.49 Å². The summed E-state index contributed by atoms with van der Waals surface area (Å²) in [5.74, 6) is 0.00590. The number of pyridine rings is 2. The summed E-state index contributed by atoms with van der Waals surface area (Å²) in [5, 5.41) is 20.5. The molecule has 1 atom stereocenters. The lowest BCUT2D eigenvalue weighted by atomic mass is 10.0. The van der Waals surface area contributed by atoms with Gasteiger partial charge in [0.05, 0.1) is 22.9 Å². The van der Waals surface area contributed by atoms with Gasteiger partial charge in [0, 0.05) is 45.4 Å². The summed E-state index contributed by atoms with van der Waals surface area (Å²) < 4.78 is 28.7. The predicted octanol–water partition coefficient (Wildman–Crippen LogP) is 5.71. The van der Waals surface area contributed by atoms with Crippen molar-refractivity contribution >= 4 is 39.1 Å². The molecule has 6 aromatic rings. The molecule has 4 N–H and O–H groups in total. The van der Waals surface area contributed by atoms with Crippen molar-refractivity contribution in [1.82, 2.24) is 30.1 Å². The number of nitrogens with one attached hydrogen (secondary N) is 3. The Labute approximate surface area is 207 Å². The Morgan fingerprint density at radius 1 is 1.11 bits per heavy atom. The van der Waals surface area contributed by atoms with E-state index in [0.29, 0.717) is 56.8 Å². The van der Waals surface area contributed by atoms with Crippen LogP contribution in [0.1, 0.15) is 13.3 Å². The molecule has 1 aromatic carbocycles. The number of thiophene rings is 1. The SMILES string of the molecule is CCC(O)Nc1cncc(-c2cc3c(-c4nc5nccc(-c6ccc(F)s6)c5[nH]4)n[nH]c3cc2F)c1. The number of aromatic amines is 2. The summed E-state index contributed by atoms with van der Waals surface area (Å²) in [6.07, 6.45) is 4.54. The Kier molecular flexibility index (Phi) is 5.42. The van der Waals surface area contributed by atoms with E-state index in [1.165, 1.54) is 12.1 Å². The lowest BCUT2D eigenvalue weighted by Gasteiger charge is -2.12. The number of benzene rings is 1. The highest BCUT2D eigenvalue weighted by molar-refractivity contribution is 7.14. The van der Waals surface area contributed by atoms with Gasteiger partial charge < -0.3 is 15.4 Å². The molecule has 0 aliphatic heterocycles. The summed E-state index contributed by atoms with van der Waals surface area (Å²) in [7, 11) is 0. The Morgan fingerprint density at radius 2 is 2.00 bits per heavy atom. The van der Waals surface area contributed by atoms with Gasteiger partial charge in [-0.25, -0.2) is 14.4 Å². The molecule has 0 bridgehead atoms. The van der Waals surface area contributed by atoms with Crippen molar-refractivity contribution < 1.29 is 13.9 Å². The van der Waals surface area contributed by atoms with E-state index in [9.17, 15) is 9.50 Å².